The van der Waals surface area contributed by atoms with Crippen LogP contribution in [0.4, 0.5) is 0 Å². The Morgan fingerprint density at radius 2 is 1.92 bits per heavy atom. The Hall–Kier alpha value is -1.79. The summed E-state index contributed by atoms with van der Waals surface area (Å²) in [4.78, 5) is 12.4. The van der Waals surface area contributed by atoms with E-state index in [0.29, 0.717) is 13.2 Å². The molecular formula is C20H26BrNO4. The Labute approximate surface area is 163 Å². The van der Waals surface area contributed by atoms with E-state index in [1.54, 1.807) is 31.5 Å². The van der Waals surface area contributed by atoms with E-state index in [-0.39, 0.29) is 17.5 Å². The minimum absolute atomic E-state index is 0.0834. The lowest BCUT2D eigenvalue weighted by Crippen LogP contribution is -2.27. The zero-order chi connectivity index (χ0) is 19.2. The Bertz CT molecular complexity index is 706. The zero-order valence-electron chi connectivity index (χ0n) is 15.4. The number of carbonyl (C=O) groups excluding carboxylic acids is 1. The van der Waals surface area contributed by atoms with Crippen LogP contribution in [-0.2, 0) is 22.6 Å². The fraction of sp³-hybridized carbons (Fsp3) is 0.450. The summed E-state index contributed by atoms with van der Waals surface area (Å²) in [6.07, 6.45) is 2.35. The predicted molar refractivity (Wildman–Crippen MR) is 105 cm³/mol. The molecular weight excluding hydrogens is 398 g/mol. The summed E-state index contributed by atoms with van der Waals surface area (Å²) in [5, 5.41) is 10.9. The molecule has 0 aliphatic carbocycles. The number of aromatic nitrogens is 1. The predicted octanol–water partition coefficient (Wildman–Crippen LogP) is 4.52. The van der Waals surface area contributed by atoms with Crippen molar-refractivity contribution in [2.24, 2.45) is 0 Å². The van der Waals surface area contributed by atoms with Crippen LogP contribution in [-0.4, -0.2) is 32.7 Å². The van der Waals surface area contributed by atoms with Crippen molar-refractivity contribution in [3.63, 3.8) is 0 Å². The number of hydrogen-bond acceptors (Lipinski definition) is 4. The Kier molecular flexibility index (Phi) is 7.29. The first-order chi connectivity index (χ1) is 12.3. The fourth-order valence-electron chi connectivity index (χ4n) is 2.52. The number of carbonyl (C=O) groups is 1. The second-order valence-electron chi connectivity index (χ2n) is 7.10. The quantitative estimate of drug-likeness (QED) is 0.500. The Morgan fingerprint density at radius 3 is 2.54 bits per heavy atom. The third-order valence-corrected chi connectivity index (χ3v) is 4.15. The van der Waals surface area contributed by atoms with Crippen LogP contribution in [0, 0.1) is 0 Å². The van der Waals surface area contributed by atoms with Crippen molar-refractivity contribution in [3.8, 4) is 5.75 Å². The average molecular weight is 424 g/mol. The molecule has 0 saturated heterocycles. The number of hydrogen-bond donors (Lipinski definition) is 1. The molecule has 5 nitrogen and oxygen atoms in total. The lowest BCUT2D eigenvalue weighted by molar-refractivity contribution is 0.00380. The summed E-state index contributed by atoms with van der Waals surface area (Å²) in [5.41, 5.74) is 0.620. The van der Waals surface area contributed by atoms with Crippen LogP contribution in [0.2, 0.25) is 0 Å². The van der Waals surface area contributed by atoms with Crippen molar-refractivity contribution < 1.29 is 19.4 Å². The third-order valence-electron chi connectivity index (χ3n) is 3.69. The molecule has 1 N–H and O–H groups in total. The SMILES string of the molecule is CC(C)(C)OC(=O)c1c(O)ccn1C[C@@H](CCBr)OCc1ccccc1. The van der Waals surface area contributed by atoms with Crippen LogP contribution in [0.15, 0.2) is 42.6 Å². The van der Waals surface area contributed by atoms with Crippen molar-refractivity contribution in [1.29, 1.82) is 0 Å². The number of benzene rings is 1. The van der Waals surface area contributed by atoms with Gasteiger partial charge in [-0.05, 0) is 38.8 Å². The molecule has 0 saturated carbocycles. The molecule has 0 unspecified atom stereocenters. The molecule has 1 heterocycles. The minimum Gasteiger partial charge on any atom is -0.505 e. The summed E-state index contributed by atoms with van der Waals surface area (Å²) < 4.78 is 13.1. The summed E-state index contributed by atoms with van der Waals surface area (Å²) in [6, 6.07) is 11.4. The topological polar surface area (TPSA) is 60.7 Å². The first-order valence-electron chi connectivity index (χ1n) is 8.63. The molecule has 1 atom stereocenters. The first kappa shape index (κ1) is 20.5. The molecule has 0 aliphatic heterocycles. The van der Waals surface area contributed by atoms with Crippen molar-refractivity contribution in [2.75, 3.05) is 5.33 Å². The first-order valence-corrected chi connectivity index (χ1v) is 9.75. The second-order valence-corrected chi connectivity index (χ2v) is 7.89. The average Bonchev–Trinajstić information content (AvgIpc) is 2.93. The molecule has 0 aliphatic rings. The Morgan fingerprint density at radius 1 is 1.23 bits per heavy atom. The van der Waals surface area contributed by atoms with E-state index in [2.05, 4.69) is 15.9 Å². The molecule has 0 radical (unpaired) electrons. The van der Waals surface area contributed by atoms with E-state index in [1.807, 2.05) is 30.3 Å². The summed E-state index contributed by atoms with van der Waals surface area (Å²) in [6.45, 7) is 6.34. The molecule has 26 heavy (non-hydrogen) atoms. The van der Waals surface area contributed by atoms with Crippen molar-refractivity contribution in [2.45, 2.75) is 52.0 Å². The number of ether oxygens (including phenoxy) is 2. The summed E-state index contributed by atoms with van der Waals surface area (Å²) in [7, 11) is 0. The van der Waals surface area contributed by atoms with Gasteiger partial charge in [-0.25, -0.2) is 4.79 Å². The van der Waals surface area contributed by atoms with Gasteiger partial charge >= 0.3 is 5.97 Å². The van der Waals surface area contributed by atoms with Gasteiger partial charge in [-0.3, -0.25) is 0 Å². The van der Waals surface area contributed by atoms with E-state index in [0.717, 1.165) is 17.3 Å². The molecule has 6 heteroatoms. The van der Waals surface area contributed by atoms with Crippen LogP contribution >= 0.6 is 15.9 Å². The van der Waals surface area contributed by atoms with E-state index >= 15 is 0 Å². The van der Waals surface area contributed by atoms with Gasteiger partial charge in [0, 0.05) is 18.1 Å². The van der Waals surface area contributed by atoms with Crippen LogP contribution in [0.25, 0.3) is 0 Å². The van der Waals surface area contributed by atoms with Crippen molar-refractivity contribution in [1.82, 2.24) is 4.57 Å². The molecule has 1 aromatic carbocycles. The summed E-state index contributed by atoms with van der Waals surface area (Å²) in [5.74, 6) is -0.624. The third kappa shape index (κ3) is 6.18. The maximum Gasteiger partial charge on any atom is 0.359 e. The maximum absolute atomic E-state index is 12.4. The number of rotatable bonds is 8. The monoisotopic (exact) mass is 423 g/mol. The van der Waals surface area contributed by atoms with Crippen LogP contribution in [0.5, 0.6) is 5.75 Å². The standard InChI is InChI=1S/C20H26BrNO4/c1-20(2,3)26-19(24)18-17(23)10-12-22(18)13-16(9-11-21)25-14-15-7-5-4-6-8-15/h4-8,10,12,16,23H,9,11,13-14H2,1-3H3/t16-/m1/s1. The summed E-state index contributed by atoms with van der Waals surface area (Å²) >= 11 is 3.45. The molecule has 1 aromatic heterocycles. The fourth-order valence-corrected chi connectivity index (χ4v) is 3.03. The van der Waals surface area contributed by atoms with Crippen LogP contribution in [0.3, 0.4) is 0 Å². The van der Waals surface area contributed by atoms with E-state index in [9.17, 15) is 9.90 Å². The molecule has 0 amide bonds. The highest BCUT2D eigenvalue weighted by molar-refractivity contribution is 9.09. The molecule has 2 rings (SSSR count). The van der Waals surface area contributed by atoms with Crippen LogP contribution < -0.4 is 0 Å². The van der Waals surface area contributed by atoms with Gasteiger partial charge in [-0.2, -0.15) is 0 Å². The lowest BCUT2D eigenvalue weighted by atomic mass is 10.2. The highest BCUT2D eigenvalue weighted by atomic mass is 79.9. The molecule has 142 valence electrons. The highest BCUT2D eigenvalue weighted by Crippen LogP contribution is 2.23. The normalized spacial score (nSPS) is 12.8. The maximum atomic E-state index is 12.4. The molecule has 0 spiro atoms. The largest absolute Gasteiger partial charge is 0.505 e. The number of halogens is 1. The molecule has 2 aromatic rings. The smallest absolute Gasteiger partial charge is 0.359 e. The van der Waals surface area contributed by atoms with E-state index in [1.165, 1.54) is 6.07 Å². The highest BCUT2D eigenvalue weighted by Gasteiger charge is 2.25. The van der Waals surface area contributed by atoms with Gasteiger partial charge in [0.2, 0.25) is 0 Å². The number of esters is 1. The van der Waals surface area contributed by atoms with Gasteiger partial charge in [0.1, 0.15) is 11.4 Å². The van der Waals surface area contributed by atoms with Gasteiger partial charge < -0.3 is 19.1 Å². The molecule has 0 bridgehead atoms. The number of alkyl halides is 1. The zero-order valence-corrected chi connectivity index (χ0v) is 17.0. The second kappa shape index (κ2) is 9.24. The number of aromatic hydroxyl groups is 1. The Balaban J connectivity index is 2.09. The van der Waals surface area contributed by atoms with E-state index < -0.39 is 11.6 Å². The lowest BCUT2D eigenvalue weighted by Gasteiger charge is -2.22. The number of nitrogens with zero attached hydrogens (tertiary/aromatic N) is 1. The van der Waals surface area contributed by atoms with Crippen LogP contribution in [0.1, 0.15) is 43.2 Å². The van der Waals surface area contributed by atoms with Crippen molar-refractivity contribution in [3.05, 3.63) is 53.9 Å². The van der Waals surface area contributed by atoms with Gasteiger partial charge in [-0.1, -0.05) is 46.3 Å². The minimum atomic E-state index is -0.627. The van der Waals surface area contributed by atoms with E-state index in [4.69, 9.17) is 9.47 Å². The van der Waals surface area contributed by atoms with Crippen molar-refractivity contribution >= 4 is 21.9 Å². The van der Waals surface area contributed by atoms with Gasteiger partial charge in [-0.15, -0.1) is 0 Å². The molecule has 0 fully saturated rings. The van der Waals surface area contributed by atoms with Gasteiger partial charge in [0.15, 0.2) is 5.69 Å². The van der Waals surface area contributed by atoms with Gasteiger partial charge in [0.05, 0.1) is 12.7 Å². The van der Waals surface area contributed by atoms with Gasteiger partial charge in [0.25, 0.3) is 0 Å².